The maximum Gasteiger partial charge on any atom is 0.453 e. The SMILES string of the molecule is O=C1NONO1. The van der Waals surface area contributed by atoms with Gasteiger partial charge in [0.05, 0.1) is 0 Å². The molecule has 1 aliphatic rings. The minimum atomic E-state index is -0.630. The fourth-order valence-electron chi connectivity index (χ4n) is 0.142. The summed E-state index contributed by atoms with van der Waals surface area (Å²) in [6.07, 6.45) is -0.630. The largest absolute Gasteiger partial charge is 0.453 e. The molecule has 1 fully saturated rings. The van der Waals surface area contributed by atoms with Gasteiger partial charge in [-0.1, -0.05) is 0 Å². The zero-order valence-corrected chi connectivity index (χ0v) is 2.72. The Labute approximate surface area is 33.1 Å². The van der Waals surface area contributed by atoms with Gasteiger partial charge in [0.1, 0.15) is 0 Å². The van der Waals surface area contributed by atoms with Crippen LogP contribution in [0.3, 0.4) is 0 Å². The van der Waals surface area contributed by atoms with E-state index < -0.39 is 6.09 Å². The van der Waals surface area contributed by atoms with Gasteiger partial charge in [-0.3, -0.25) is 0 Å². The smallest absolute Gasteiger partial charge is 0.324 e. The van der Waals surface area contributed by atoms with Crippen LogP contribution in [0.5, 0.6) is 0 Å². The van der Waals surface area contributed by atoms with Gasteiger partial charge in [-0.2, -0.15) is 5.48 Å². The van der Waals surface area contributed by atoms with Gasteiger partial charge < -0.3 is 4.84 Å². The van der Waals surface area contributed by atoms with Crippen molar-refractivity contribution in [3.63, 3.8) is 0 Å². The predicted octanol–water partition coefficient (Wildman–Crippen LogP) is -0.923. The lowest BCUT2D eigenvalue weighted by atomic mass is 11.3. The first-order chi connectivity index (χ1) is 2.89. The Morgan fingerprint density at radius 2 is 2.50 bits per heavy atom. The number of nitrogens with one attached hydrogen (secondary N) is 2. The maximum atomic E-state index is 9.72. The first-order valence-corrected chi connectivity index (χ1v) is 1.27. The molecule has 5 nitrogen and oxygen atoms in total. The van der Waals surface area contributed by atoms with Crippen LogP contribution in [0.25, 0.3) is 0 Å². The Bertz CT molecular complexity index is 63.2. The van der Waals surface area contributed by atoms with Crippen molar-refractivity contribution in [1.29, 1.82) is 0 Å². The summed E-state index contributed by atoms with van der Waals surface area (Å²) in [4.78, 5) is 17.6. The van der Waals surface area contributed by atoms with E-state index in [1.54, 1.807) is 0 Å². The molecule has 6 heavy (non-hydrogen) atoms. The zero-order valence-electron chi connectivity index (χ0n) is 2.72. The van der Waals surface area contributed by atoms with Crippen molar-refractivity contribution in [3.8, 4) is 0 Å². The topological polar surface area (TPSA) is 59.6 Å². The van der Waals surface area contributed by atoms with Crippen molar-refractivity contribution < 1.29 is 14.6 Å². The lowest BCUT2D eigenvalue weighted by Crippen LogP contribution is -2.10. The summed E-state index contributed by atoms with van der Waals surface area (Å²) in [6, 6.07) is 0. The highest BCUT2D eigenvalue weighted by atomic mass is 17.0. The molecule has 0 aliphatic carbocycles. The third-order valence-electron chi connectivity index (χ3n) is 0.310. The fourth-order valence-corrected chi connectivity index (χ4v) is 0.142. The van der Waals surface area contributed by atoms with Crippen LogP contribution >= 0.6 is 0 Å². The molecule has 0 saturated carbocycles. The first kappa shape index (κ1) is 3.38. The van der Waals surface area contributed by atoms with Gasteiger partial charge in [-0.25, -0.2) is 4.79 Å². The Hall–Kier alpha value is -0.810. The van der Waals surface area contributed by atoms with E-state index in [2.05, 4.69) is 9.78 Å². The molecular formula is CH2N2O3. The van der Waals surface area contributed by atoms with E-state index >= 15 is 0 Å². The van der Waals surface area contributed by atoms with Gasteiger partial charge in [0.15, 0.2) is 0 Å². The molecular weight excluding hydrogens is 88.0 g/mol. The van der Waals surface area contributed by atoms with Crippen molar-refractivity contribution in [3.05, 3.63) is 0 Å². The van der Waals surface area contributed by atoms with E-state index in [0.29, 0.717) is 0 Å². The molecule has 1 rings (SSSR count). The van der Waals surface area contributed by atoms with Crippen LogP contribution in [-0.2, 0) is 9.78 Å². The average molecular weight is 90.0 g/mol. The number of hydroxylamine groups is 1. The second kappa shape index (κ2) is 1.11. The molecule has 0 aromatic carbocycles. The zero-order chi connectivity index (χ0) is 4.41. The number of hydrogen-bond acceptors (Lipinski definition) is 4. The Morgan fingerprint density at radius 3 is 2.67 bits per heavy atom. The highest BCUT2D eigenvalue weighted by Crippen LogP contribution is 1.76. The molecule has 1 saturated heterocycles. The summed E-state index contributed by atoms with van der Waals surface area (Å²) in [6.45, 7) is 0. The van der Waals surface area contributed by atoms with Gasteiger partial charge in [-0.15, -0.1) is 4.94 Å². The van der Waals surface area contributed by atoms with Gasteiger partial charge in [0.25, 0.3) is 0 Å². The molecule has 0 unspecified atom stereocenters. The lowest BCUT2D eigenvalue weighted by Gasteiger charge is -1.75. The number of hydrogen-bond donors (Lipinski definition) is 2. The van der Waals surface area contributed by atoms with E-state index in [4.69, 9.17) is 0 Å². The monoisotopic (exact) mass is 90.0 g/mol. The summed E-state index contributed by atoms with van der Waals surface area (Å²) in [5.41, 5.74) is 3.66. The van der Waals surface area contributed by atoms with Crippen LogP contribution in [0.2, 0.25) is 0 Å². The molecule has 1 aliphatic heterocycles. The van der Waals surface area contributed by atoms with Crippen LogP contribution in [0.15, 0.2) is 0 Å². The number of rotatable bonds is 0. The number of carbonyl (C=O) groups excluding carboxylic acids is 1. The Balaban J connectivity index is 2.37. The van der Waals surface area contributed by atoms with E-state index in [1.807, 2.05) is 11.1 Å². The van der Waals surface area contributed by atoms with Gasteiger partial charge in [0, 0.05) is 0 Å². The molecule has 0 radical (unpaired) electrons. The third-order valence-corrected chi connectivity index (χ3v) is 0.310. The molecule has 0 aromatic heterocycles. The van der Waals surface area contributed by atoms with E-state index in [9.17, 15) is 4.79 Å². The normalized spacial score (nSPS) is 19.7. The molecule has 34 valence electrons. The van der Waals surface area contributed by atoms with Crippen LogP contribution < -0.4 is 11.1 Å². The predicted molar refractivity (Wildman–Crippen MR) is 13.8 cm³/mol. The first-order valence-electron chi connectivity index (χ1n) is 1.27. The van der Waals surface area contributed by atoms with Crippen LogP contribution in [0.1, 0.15) is 0 Å². The van der Waals surface area contributed by atoms with Crippen LogP contribution in [-0.4, -0.2) is 6.09 Å². The summed E-state index contributed by atoms with van der Waals surface area (Å²) < 4.78 is 0. The second-order valence-electron chi connectivity index (χ2n) is 0.677. The summed E-state index contributed by atoms with van der Waals surface area (Å²) in [5.74, 6) is 0. The Kier molecular flexibility index (Phi) is 0.627. The standard InChI is InChI=1S/CH2N2O3/c4-1-2-6-3-5-1/h3H,(H,2,4). The van der Waals surface area contributed by atoms with Gasteiger partial charge in [0.2, 0.25) is 0 Å². The summed E-state index contributed by atoms with van der Waals surface area (Å²) in [7, 11) is 0. The molecule has 1 heterocycles. The summed E-state index contributed by atoms with van der Waals surface area (Å²) in [5, 5.41) is 0. The number of amides is 1. The third kappa shape index (κ3) is 0.399. The highest BCUT2D eigenvalue weighted by molar-refractivity contribution is 5.66. The van der Waals surface area contributed by atoms with E-state index in [1.165, 1.54) is 0 Å². The van der Waals surface area contributed by atoms with Gasteiger partial charge in [-0.05, 0) is 5.64 Å². The molecule has 0 spiro atoms. The van der Waals surface area contributed by atoms with Crippen molar-refractivity contribution in [2.45, 2.75) is 0 Å². The lowest BCUT2D eigenvalue weighted by molar-refractivity contribution is -0.0834. The molecule has 0 aromatic rings. The van der Waals surface area contributed by atoms with Gasteiger partial charge >= 0.3 is 6.09 Å². The van der Waals surface area contributed by atoms with E-state index in [-0.39, 0.29) is 0 Å². The minimum absolute atomic E-state index is 0.630. The average Bonchev–Trinajstić information content (AvgIpc) is 1.86. The van der Waals surface area contributed by atoms with Crippen molar-refractivity contribution in [1.82, 2.24) is 11.1 Å². The molecule has 0 atom stereocenters. The van der Waals surface area contributed by atoms with Crippen molar-refractivity contribution in [2.75, 3.05) is 0 Å². The highest BCUT2D eigenvalue weighted by Gasteiger charge is 2.07. The molecule has 0 bridgehead atoms. The van der Waals surface area contributed by atoms with Crippen molar-refractivity contribution in [2.24, 2.45) is 0 Å². The summed E-state index contributed by atoms with van der Waals surface area (Å²) >= 11 is 0. The number of carbonyl (C=O) groups is 1. The van der Waals surface area contributed by atoms with Crippen LogP contribution in [0.4, 0.5) is 4.79 Å². The minimum Gasteiger partial charge on any atom is -0.324 e. The Morgan fingerprint density at radius 1 is 1.67 bits per heavy atom. The quantitative estimate of drug-likeness (QED) is 0.403. The molecule has 1 amide bonds. The maximum absolute atomic E-state index is 9.72. The van der Waals surface area contributed by atoms with E-state index in [0.717, 1.165) is 0 Å². The van der Waals surface area contributed by atoms with Crippen LogP contribution in [0, 0.1) is 0 Å². The second-order valence-corrected chi connectivity index (χ2v) is 0.677. The fraction of sp³-hybridized carbons (Fsp3) is 0. The molecule has 5 heteroatoms. The van der Waals surface area contributed by atoms with Crippen molar-refractivity contribution >= 4 is 6.09 Å². The molecule has 2 N–H and O–H groups in total.